The van der Waals surface area contributed by atoms with E-state index >= 15 is 0 Å². The largest absolute Gasteiger partial charge is 0.450 e. The Balaban J connectivity index is 1.56. The number of amides is 3. The summed E-state index contributed by atoms with van der Waals surface area (Å²) < 4.78 is 4.86. The number of carbonyl (C=O) groups excluding carboxylic acids is 2. The van der Waals surface area contributed by atoms with Gasteiger partial charge in [-0.25, -0.2) is 14.6 Å². The first-order valence-electron chi connectivity index (χ1n) is 8.63. The minimum absolute atomic E-state index is 0.0147. The van der Waals surface area contributed by atoms with Crippen LogP contribution in [0.3, 0.4) is 0 Å². The molecule has 132 valence electrons. The number of anilines is 1. The number of thiazole rings is 1. The summed E-state index contributed by atoms with van der Waals surface area (Å²) in [6.45, 7) is 3.30. The monoisotopic (exact) mass is 352 g/mol. The molecule has 7 nitrogen and oxygen atoms in total. The molecule has 2 N–H and O–H groups in total. The van der Waals surface area contributed by atoms with Gasteiger partial charge in [0.25, 0.3) is 0 Å². The summed E-state index contributed by atoms with van der Waals surface area (Å²) in [7, 11) is 0. The molecule has 3 amide bonds. The summed E-state index contributed by atoms with van der Waals surface area (Å²) in [5, 5.41) is 6.33. The molecule has 1 aromatic rings. The van der Waals surface area contributed by atoms with Crippen molar-refractivity contribution in [3.05, 3.63) is 10.6 Å². The van der Waals surface area contributed by atoms with Gasteiger partial charge < -0.3 is 15.0 Å². The molecule has 0 bridgehead atoms. The molecular formula is C16H24N4O3S. The first kappa shape index (κ1) is 17.0. The van der Waals surface area contributed by atoms with Crippen LogP contribution < -0.4 is 10.6 Å². The number of urea groups is 1. The molecule has 24 heavy (non-hydrogen) atoms. The van der Waals surface area contributed by atoms with Crippen molar-refractivity contribution in [1.82, 2.24) is 15.2 Å². The van der Waals surface area contributed by atoms with Crippen molar-refractivity contribution in [1.29, 1.82) is 0 Å². The normalized spacial score (nSPS) is 18.0. The molecule has 1 aliphatic heterocycles. The summed E-state index contributed by atoms with van der Waals surface area (Å²) in [5.74, 6) is 0. The van der Waals surface area contributed by atoms with E-state index in [1.54, 1.807) is 6.92 Å². The Labute approximate surface area is 145 Å². The van der Waals surface area contributed by atoms with E-state index in [-0.39, 0.29) is 6.03 Å². The van der Waals surface area contributed by atoms with Crippen molar-refractivity contribution in [3.63, 3.8) is 0 Å². The van der Waals surface area contributed by atoms with Gasteiger partial charge >= 0.3 is 12.1 Å². The highest BCUT2D eigenvalue weighted by Crippen LogP contribution is 2.28. The fourth-order valence-electron chi connectivity index (χ4n) is 3.19. The molecule has 0 atom stereocenters. The van der Waals surface area contributed by atoms with E-state index in [4.69, 9.17) is 4.74 Å². The molecule has 2 aliphatic rings. The van der Waals surface area contributed by atoms with Crippen LogP contribution in [0.15, 0.2) is 0 Å². The number of ether oxygens (including phenoxy) is 1. The van der Waals surface area contributed by atoms with Crippen LogP contribution in [0, 0.1) is 0 Å². The van der Waals surface area contributed by atoms with E-state index in [1.807, 2.05) is 4.90 Å². The van der Waals surface area contributed by atoms with Gasteiger partial charge in [-0.3, -0.25) is 5.32 Å². The van der Waals surface area contributed by atoms with Crippen LogP contribution in [-0.4, -0.2) is 41.2 Å². The second-order valence-corrected chi connectivity index (χ2v) is 7.27. The molecule has 1 fully saturated rings. The van der Waals surface area contributed by atoms with Crippen LogP contribution >= 0.6 is 11.3 Å². The van der Waals surface area contributed by atoms with Crippen LogP contribution in [0.2, 0.25) is 0 Å². The van der Waals surface area contributed by atoms with E-state index in [0.717, 1.165) is 23.4 Å². The number of nitrogens with zero attached hydrogens (tertiary/aromatic N) is 2. The third kappa shape index (κ3) is 4.17. The van der Waals surface area contributed by atoms with E-state index in [9.17, 15) is 9.59 Å². The number of carbonyl (C=O) groups is 2. The first-order chi connectivity index (χ1) is 11.7. The van der Waals surface area contributed by atoms with Gasteiger partial charge in [0.15, 0.2) is 5.13 Å². The van der Waals surface area contributed by atoms with Gasteiger partial charge in [-0.2, -0.15) is 0 Å². The Morgan fingerprint density at radius 3 is 2.88 bits per heavy atom. The average molecular weight is 352 g/mol. The van der Waals surface area contributed by atoms with Gasteiger partial charge in [0.2, 0.25) is 0 Å². The molecule has 0 unspecified atom stereocenters. The SMILES string of the molecule is CCOC(=O)Nc1nc2c(s1)CN(C(=O)NC1CCCCC1)CC2. The van der Waals surface area contributed by atoms with E-state index < -0.39 is 6.09 Å². The van der Waals surface area contributed by atoms with Crippen molar-refractivity contribution in [2.24, 2.45) is 0 Å². The van der Waals surface area contributed by atoms with Gasteiger partial charge in [-0.05, 0) is 19.8 Å². The van der Waals surface area contributed by atoms with Gasteiger partial charge in [0.1, 0.15) is 0 Å². The highest BCUT2D eigenvalue weighted by molar-refractivity contribution is 7.15. The van der Waals surface area contributed by atoms with Crippen LogP contribution in [0.5, 0.6) is 0 Å². The molecule has 2 heterocycles. The molecule has 0 radical (unpaired) electrons. The number of aromatic nitrogens is 1. The molecule has 3 rings (SSSR count). The number of hydrogen-bond acceptors (Lipinski definition) is 5. The van der Waals surface area contributed by atoms with Crippen LogP contribution in [0.25, 0.3) is 0 Å². The fourth-order valence-corrected chi connectivity index (χ4v) is 4.20. The number of nitrogens with one attached hydrogen (secondary N) is 2. The van der Waals surface area contributed by atoms with E-state index in [1.165, 1.54) is 30.6 Å². The van der Waals surface area contributed by atoms with Crippen molar-refractivity contribution in [2.75, 3.05) is 18.5 Å². The van der Waals surface area contributed by atoms with Gasteiger partial charge in [0, 0.05) is 23.9 Å². The number of fused-ring (bicyclic) bond motifs is 1. The highest BCUT2D eigenvalue weighted by atomic mass is 32.1. The molecule has 8 heteroatoms. The second-order valence-electron chi connectivity index (χ2n) is 6.19. The Kier molecular flexibility index (Phi) is 5.55. The molecule has 1 aromatic heterocycles. The molecule has 1 aliphatic carbocycles. The summed E-state index contributed by atoms with van der Waals surface area (Å²) in [6, 6.07) is 0.330. The summed E-state index contributed by atoms with van der Waals surface area (Å²) >= 11 is 1.41. The fraction of sp³-hybridized carbons (Fsp3) is 0.688. The topological polar surface area (TPSA) is 83.6 Å². The summed E-state index contributed by atoms with van der Waals surface area (Å²) in [5.41, 5.74) is 0.966. The zero-order valence-electron chi connectivity index (χ0n) is 14.0. The molecule has 1 saturated carbocycles. The lowest BCUT2D eigenvalue weighted by Gasteiger charge is -2.30. The maximum absolute atomic E-state index is 12.5. The lowest BCUT2D eigenvalue weighted by Crippen LogP contribution is -2.47. The first-order valence-corrected chi connectivity index (χ1v) is 9.45. The lowest BCUT2D eigenvalue weighted by molar-refractivity contribution is 0.168. The van der Waals surface area contributed by atoms with Crippen LogP contribution in [0.4, 0.5) is 14.7 Å². The van der Waals surface area contributed by atoms with Gasteiger partial charge in [-0.1, -0.05) is 30.6 Å². The zero-order chi connectivity index (χ0) is 16.9. The minimum Gasteiger partial charge on any atom is -0.450 e. The average Bonchev–Trinajstić information content (AvgIpc) is 2.97. The maximum Gasteiger partial charge on any atom is 0.413 e. The summed E-state index contributed by atoms with van der Waals surface area (Å²) in [4.78, 5) is 31.2. The Morgan fingerprint density at radius 2 is 2.12 bits per heavy atom. The van der Waals surface area contributed by atoms with Gasteiger partial charge in [0.05, 0.1) is 18.8 Å². The second kappa shape index (κ2) is 7.83. The highest BCUT2D eigenvalue weighted by Gasteiger charge is 2.26. The van der Waals surface area contributed by atoms with Crippen LogP contribution in [-0.2, 0) is 17.7 Å². The standard InChI is InChI=1S/C16H24N4O3S/c1-2-23-16(22)19-14-18-12-8-9-20(10-13(12)24-14)15(21)17-11-6-4-3-5-7-11/h11H,2-10H2,1H3,(H,17,21)(H,18,19,22). The van der Waals surface area contributed by atoms with Crippen molar-refractivity contribution in [3.8, 4) is 0 Å². The predicted octanol–water partition coefficient (Wildman–Crippen LogP) is 3.11. The number of hydrogen-bond donors (Lipinski definition) is 2. The van der Waals surface area contributed by atoms with Crippen molar-refractivity contribution >= 4 is 28.6 Å². The Morgan fingerprint density at radius 1 is 1.33 bits per heavy atom. The van der Waals surface area contributed by atoms with Crippen molar-refractivity contribution < 1.29 is 14.3 Å². The maximum atomic E-state index is 12.5. The molecule has 0 aromatic carbocycles. The van der Waals surface area contributed by atoms with Crippen LogP contribution in [0.1, 0.15) is 49.6 Å². The lowest BCUT2D eigenvalue weighted by atomic mass is 9.96. The minimum atomic E-state index is -0.490. The third-order valence-electron chi connectivity index (χ3n) is 4.44. The Hall–Kier alpha value is -1.83. The molecular weight excluding hydrogens is 328 g/mol. The van der Waals surface area contributed by atoms with Gasteiger partial charge in [-0.15, -0.1) is 0 Å². The van der Waals surface area contributed by atoms with Crippen molar-refractivity contribution in [2.45, 2.75) is 58.0 Å². The smallest absolute Gasteiger partial charge is 0.413 e. The van der Waals surface area contributed by atoms with E-state index in [2.05, 4.69) is 15.6 Å². The number of rotatable bonds is 3. The van der Waals surface area contributed by atoms with E-state index in [0.29, 0.717) is 37.3 Å². The zero-order valence-corrected chi connectivity index (χ0v) is 14.8. The molecule has 0 saturated heterocycles. The third-order valence-corrected chi connectivity index (χ3v) is 5.43. The predicted molar refractivity (Wildman–Crippen MR) is 92.3 cm³/mol. The quantitative estimate of drug-likeness (QED) is 0.875. The summed E-state index contributed by atoms with van der Waals surface area (Å²) in [6.07, 6.45) is 6.07. The molecule has 0 spiro atoms. The Bertz CT molecular complexity index is 598.